The molecular weight excluding hydrogens is 916 g/mol. The van der Waals surface area contributed by atoms with E-state index in [1.807, 2.05) is 39.4 Å². The molecule has 0 aliphatic heterocycles. The summed E-state index contributed by atoms with van der Waals surface area (Å²) in [5, 5.41) is 3.00. The monoisotopic (exact) mass is 1030 g/mol. The third-order valence-electron chi connectivity index (χ3n) is 12.6. The van der Waals surface area contributed by atoms with Gasteiger partial charge in [0, 0.05) is 12.8 Å². The third-order valence-corrected chi connectivity index (χ3v) is 13.6. The van der Waals surface area contributed by atoms with Crippen molar-refractivity contribution in [2.45, 2.75) is 258 Å². The minimum absolute atomic E-state index is 0.0237. The molecule has 0 aromatic heterocycles. The number of carbonyl (C=O) groups is 2. The summed E-state index contributed by atoms with van der Waals surface area (Å²) in [6, 6.07) is -0.891. The lowest BCUT2D eigenvalue weighted by Gasteiger charge is -2.27. The maximum atomic E-state index is 13.5. The molecule has 0 bridgehead atoms. The van der Waals surface area contributed by atoms with E-state index in [1.165, 1.54) is 135 Å². The van der Waals surface area contributed by atoms with Gasteiger partial charge in [-0.1, -0.05) is 228 Å². The number of carbonyl (C=O) groups excluding carboxylic acids is 2. The number of phosphoric acid groups is 1. The molecular formula is C62H112N2O7P+. The lowest BCUT2D eigenvalue weighted by Crippen LogP contribution is -2.47. The largest absolute Gasteiger partial charge is 0.472 e. The van der Waals surface area contributed by atoms with E-state index in [9.17, 15) is 19.0 Å². The SMILES string of the molecule is CC/C=C/C/C=C/C/C=C/C/C=C/C/C=C/CCC(=O)NC(COP(=O)(O)OCC[N+](C)(C)C)C(/C=C/CCCCCCCCCCC)OC(=O)CCCCCCCCCCC/C=C/CCCCCCCC. The highest BCUT2D eigenvalue weighted by molar-refractivity contribution is 7.47. The maximum Gasteiger partial charge on any atom is 0.472 e. The number of hydrogen-bond donors (Lipinski definition) is 2. The predicted molar refractivity (Wildman–Crippen MR) is 309 cm³/mol. The molecule has 0 aliphatic rings. The summed E-state index contributed by atoms with van der Waals surface area (Å²) in [5.74, 6) is -0.606. The number of nitrogens with zero attached hydrogens (tertiary/aromatic N) is 1. The Hall–Kier alpha value is -2.81. The number of likely N-dealkylation sites (N-methyl/N-ethyl adjacent to an activating group) is 1. The van der Waals surface area contributed by atoms with Crippen LogP contribution in [0.15, 0.2) is 85.1 Å². The van der Waals surface area contributed by atoms with Crippen molar-refractivity contribution in [3.8, 4) is 0 Å². The Morgan fingerprint density at radius 3 is 1.36 bits per heavy atom. The van der Waals surface area contributed by atoms with Gasteiger partial charge < -0.3 is 19.4 Å². The van der Waals surface area contributed by atoms with E-state index in [1.54, 1.807) is 0 Å². The van der Waals surface area contributed by atoms with E-state index in [4.69, 9.17) is 13.8 Å². The Morgan fingerprint density at radius 2 is 0.903 bits per heavy atom. The Morgan fingerprint density at radius 1 is 0.500 bits per heavy atom. The fourth-order valence-electron chi connectivity index (χ4n) is 8.04. The lowest BCUT2D eigenvalue weighted by atomic mass is 10.1. The average molecular weight is 1030 g/mol. The molecule has 0 fully saturated rings. The highest BCUT2D eigenvalue weighted by Gasteiger charge is 2.30. The number of allylic oxidation sites excluding steroid dienone is 13. The molecule has 3 atom stereocenters. The molecule has 0 spiro atoms. The molecule has 9 nitrogen and oxygen atoms in total. The zero-order chi connectivity index (χ0) is 52.9. The highest BCUT2D eigenvalue weighted by Crippen LogP contribution is 2.43. The quantitative estimate of drug-likeness (QED) is 0.0205. The molecule has 0 aliphatic carbocycles. The number of esters is 1. The molecule has 0 heterocycles. The van der Waals surface area contributed by atoms with Crippen molar-refractivity contribution >= 4 is 19.7 Å². The van der Waals surface area contributed by atoms with Gasteiger partial charge in [0.15, 0.2) is 0 Å². The molecule has 0 saturated carbocycles. The van der Waals surface area contributed by atoms with Gasteiger partial charge in [0.05, 0.1) is 33.8 Å². The van der Waals surface area contributed by atoms with Gasteiger partial charge in [0.25, 0.3) is 0 Å². The van der Waals surface area contributed by atoms with Crippen LogP contribution in [-0.4, -0.2) is 74.3 Å². The van der Waals surface area contributed by atoms with Gasteiger partial charge in [0.1, 0.15) is 19.3 Å². The second-order valence-corrected chi connectivity index (χ2v) is 22.2. The van der Waals surface area contributed by atoms with Crippen LogP contribution in [0, 0.1) is 0 Å². The van der Waals surface area contributed by atoms with Crippen molar-refractivity contribution in [1.29, 1.82) is 0 Å². The number of hydrogen-bond acceptors (Lipinski definition) is 6. The van der Waals surface area contributed by atoms with Crippen molar-refractivity contribution in [1.82, 2.24) is 5.32 Å². The lowest BCUT2D eigenvalue weighted by molar-refractivity contribution is -0.870. The van der Waals surface area contributed by atoms with Crippen molar-refractivity contribution < 1.29 is 37.3 Å². The van der Waals surface area contributed by atoms with Gasteiger partial charge in [-0.25, -0.2) is 4.57 Å². The molecule has 0 aromatic rings. The van der Waals surface area contributed by atoms with Gasteiger partial charge in [-0.05, 0) is 89.5 Å². The van der Waals surface area contributed by atoms with Crippen LogP contribution in [0.2, 0.25) is 0 Å². The van der Waals surface area contributed by atoms with Crippen LogP contribution in [0.4, 0.5) is 0 Å². The normalized spacial score (nSPS) is 14.4. The first kappa shape index (κ1) is 69.2. The summed E-state index contributed by atoms with van der Waals surface area (Å²) in [6.45, 7) is 6.82. The average Bonchev–Trinajstić information content (AvgIpc) is 3.34. The first-order chi connectivity index (χ1) is 34.9. The van der Waals surface area contributed by atoms with E-state index in [0.717, 1.165) is 70.6 Å². The van der Waals surface area contributed by atoms with Crippen molar-refractivity contribution in [3.05, 3.63) is 85.1 Å². The molecule has 1 amide bonds. The second-order valence-electron chi connectivity index (χ2n) is 20.8. The minimum Gasteiger partial charge on any atom is -0.456 e. The predicted octanol–water partition coefficient (Wildman–Crippen LogP) is 17.8. The van der Waals surface area contributed by atoms with E-state index in [-0.39, 0.29) is 37.9 Å². The molecule has 2 N–H and O–H groups in total. The topological polar surface area (TPSA) is 111 Å². The Balaban J connectivity index is 5.37. The van der Waals surface area contributed by atoms with E-state index < -0.39 is 20.0 Å². The van der Waals surface area contributed by atoms with Crippen LogP contribution in [0.1, 0.15) is 245 Å². The summed E-state index contributed by atoms with van der Waals surface area (Å²) >= 11 is 0. The van der Waals surface area contributed by atoms with E-state index >= 15 is 0 Å². The van der Waals surface area contributed by atoms with Crippen LogP contribution in [-0.2, 0) is 27.9 Å². The maximum absolute atomic E-state index is 13.5. The Kier molecular flexibility index (Phi) is 49.6. The van der Waals surface area contributed by atoms with Crippen LogP contribution in [0.25, 0.3) is 0 Å². The minimum atomic E-state index is -4.47. The first-order valence-electron chi connectivity index (χ1n) is 29.4. The van der Waals surface area contributed by atoms with E-state index in [2.05, 4.69) is 92.9 Å². The Labute approximate surface area is 444 Å². The molecule has 0 radical (unpaired) electrons. The van der Waals surface area contributed by atoms with Gasteiger partial charge in [0.2, 0.25) is 5.91 Å². The molecule has 10 heteroatoms. The smallest absolute Gasteiger partial charge is 0.456 e. The number of rotatable bonds is 52. The summed E-state index contributed by atoms with van der Waals surface area (Å²) in [5.41, 5.74) is 0. The van der Waals surface area contributed by atoms with Crippen molar-refractivity contribution in [3.63, 3.8) is 0 Å². The van der Waals surface area contributed by atoms with E-state index in [0.29, 0.717) is 17.4 Å². The number of ether oxygens (including phenoxy) is 1. The van der Waals surface area contributed by atoms with Gasteiger partial charge in [-0.15, -0.1) is 0 Å². The van der Waals surface area contributed by atoms with Crippen molar-refractivity contribution in [2.75, 3.05) is 40.9 Å². The zero-order valence-electron chi connectivity index (χ0n) is 47.4. The highest BCUT2D eigenvalue weighted by atomic mass is 31.2. The van der Waals surface area contributed by atoms with Gasteiger partial charge >= 0.3 is 13.8 Å². The van der Waals surface area contributed by atoms with Crippen molar-refractivity contribution in [2.24, 2.45) is 0 Å². The molecule has 72 heavy (non-hydrogen) atoms. The molecule has 0 aromatic carbocycles. The molecule has 0 rings (SSSR count). The van der Waals surface area contributed by atoms with Crippen LogP contribution in [0.5, 0.6) is 0 Å². The Bertz CT molecular complexity index is 1510. The second kappa shape index (κ2) is 51.7. The summed E-state index contributed by atoms with van der Waals surface area (Å²) < 4.78 is 30.6. The third kappa shape index (κ3) is 52.1. The molecule has 416 valence electrons. The van der Waals surface area contributed by atoms with Crippen LogP contribution in [0.3, 0.4) is 0 Å². The number of amides is 1. The van der Waals surface area contributed by atoms with Gasteiger partial charge in [-0.3, -0.25) is 18.6 Å². The van der Waals surface area contributed by atoms with Crippen LogP contribution >= 0.6 is 7.82 Å². The van der Waals surface area contributed by atoms with Crippen LogP contribution < -0.4 is 5.32 Å². The van der Waals surface area contributed by atoms with Gasteiger partial charge in [-0.2, -0.15) is 0 Å². The summed E-state index contributed by atoms with van der Waals surface area (Å²) in [6.07, 6.45) is 67.4. The number of phosphoric ester groups is 1. The molecule has 3 unspecified atom stereocenters. The summed E-state index contributed by atoms with van der Waals surface area (Å²) in [7, 11) is 1.44. The fraction of sp³-hybridized carbons (Fsp3) is 0.742. The number of quaternary nitrogens is 1. The standard InChI is InChI=1S/C62H111N2O7P/c1-7-10-13-16-19-22-25-27-29-31-32-33-35-37-40-43-46-49-52-55-62(66)71-60(53-50-47-44-41-38-24-21-18-15-12-9-3)59(58-70-72(67,68)69-57-56-64(4,5)6)63-61(65)54-51-48-45-42-39-36-34-30-28-26-23-20-17-14-11-8-2/h11,14,20,23,27-30,36,39,45,48,50,53,59-60H,7-10,12-13,15-19,21-22,24-26,31-35,37-38,40-44,46-47,49,51-52,54-58H2,1-6H3,(H-,63,65,67,68)/p+1/b14-11+,23-20+,29-27+,30-28+,39-36+,48-45+,53-50+. The number of nitrogens with one attached hydrogen (secondary N) is 1. The number of unbranched alkanes of at least 4 members (excludes halogenated alkanes) is 24. The fourth-order valence-corrected chi connectivity index (χ4v) is 8.77. The summed E-state index contributed by atoms with van der Waals surface area (Å²) in [4.78, 5) is 37.6. The zero-order valence-corrected chi connectivity index (χ0v) is 48.3. The first-order valence-corrected chi connectivity index (χ1v) is 30.9. The molecule has 0 saturated heterocycles.